The fraction of sp³-hybridized carbons (Fsp3) is 0.774. The molecule has 0 unspecified atom stereocenters. The number of nitrogens with zero attached hydrogens (tertiary/aromatic N) is 1. The molecular formula is C31H43F3N2O2. The van der Waals surface area contributed by atoms with Gasteiger partial charge in [-0.15, -0.1) is 0 Å². The molecule has 0 aliphatic heterocycles. The molecule has 0 aromatic heterocycles. The first-order valence-electron chi connectivity index (χ1n) is 14.6. The van der Waals surface area contributed by atoms with Crippen molar-refractivity contribution < 1.29 is 23.0 Å². The summed E-state index contributed by atoms with van der Waals surface area (Å²) in [6, 6.07) is 5.33. The van der Waals surface area contributed by atoms with Crippen LogP contribution in [0.5, 0.6) is 0 Å². The van der Waals surface area contributed by atoms with Crippen LogP contribution in [0.2, 0.25) is 0 Å². The maximum atomic E-state index is 14.6. The van der Waals surface area contributed by atoms with Crippen LogP contribution in [0, 0.1) is 59.2 Å². The monoisotopic (exact) mass is 532 g/mol. The van der Waals surface area contributed by atoms with Crippen molar-refractivity contribution in [1.82, 2.24) is 0 Å². The largest absolute Gasteiger partial charge is 0.408 e. The summed E-state index contributed by atoms with van der Waals surface area (Å²) >= 11 is 0. The van der Waals surface area contributed by atoms with E-state index in [9.17, 15) is 18.3 Å². The Bertz CT molecular complexity index is 1050. The molecule has 4 aliphatic carbocycles. The minimum Gasteiger partial charge on any atom is -0.387 e. The van der Waals surface area contributed by atoms with Crippen LogP contribution in [-0.2, 0) is 4.74 Å². The molecule has 0 radical (unpaired) electrons. The van der Waals surface area contributed by atoms with Crippen LogP contribution in [0.25, 0.3) is 0 Å². The highest BCUT2D eigenvalue weighted by atomic mass is 19.4. The van der Waals surface area contributed by atoms with E-state index in [0.717, 1.165) is 51.4 Å². The van der Waals surface area contributed by atoms with Crippen LogP contribution in [0.4, 0.5) is 18.9 Å². The Morgan fingerprint density at radius 3 is 2.55 bits per heavy atom. The number of halogens is 3. The Hall–Kier alpha value is -1.78. The fourth-order valence-electron chi connectivity index (χ4n) is 9.45. The first-order chi connectivity index (χ1) is 18.0. The summed E-state index contributed by atoms with van der Waals surface area (Å²) in [6.07, 6.45) is 3.68. The molecule has 5 rings (SSSR count). The number of nitriles is 1. The van der Waals surface area contributed by atoms with Crippen molar-refractivity contribution in [2.24, 2.45) is 40.9 Å². The number of nitrogens with one attached hydrogen (secondary N) is 1. The fourth-order valence-corrected chi connectivity index (χ4v) is 9.45. The van der Waals surface area contributed by atoms with E-state index in [2.05, 4.69) is 18.3 Å². The standard InChI is InChI=1S/C31H43F3N2O2/c1-4-38-18-30(37)14-12-22-21(16-30)6-7-24-23(22)11-13-29(3)25(24)8-9-26(29)28(31(32,33)34)36-27-10-5-20(17-35)15-19(27)2/h5,10,15,21-26,28,36-37H,4,6-9,11-14,16,18H2,1-3H3/t21-,22+,23-,24-,25+,26-,28-,29+,30-/m1/s1. The quantitative estimate of drug-likeness (QED) is 0.405. The third-order valence-corrected chi connectivity index (χ3v) is 11.2. The minimum absolute atomic E-state index is 0.324. The summed E-state index contributed by atoms with van der Waals surface area (Å²) in [4.78, 5) is 0. The number of hydrogen-bond acceptors (Lipinski definition) is 4. The Balaban J connectivity index is 1.33. The van der Waals surface area contributed by atoms with Crippen molar-refractivity contribution in [2.45, 2.75) is 96.4 Å². The summed E-state index contributed by atoms with van der Waals surface area (Å²) in [5.41, 5.74) is 0.528. The lowest BCUT2D eigenvalue weighted by Crippen LogP contribution is -2.54. The van der Waals surface area contributed by atoms with E-state index in [4.69, 9.17) is 10.00 Å². The second-order valence-corrected chi connectivity index (χ2v) is 13.1. The van der Waals surface area contributed by atoms with Crippen LogP contribution in [0.1, 0.15) is 82.8 Å². The molecule has 0 bridgehead atoms. The Morgan fingerprint density at radius 1 is 1.11 bits per heavy atom. The van der Waals surface area contributed by atoms with Crippen LogP contribution < -0.4 is 5.32 Å². The zero-order chi connectivity index (χ0) is 27.3. The lowest BCUT2D eigenvalue weighted by Gasteiger charge is -2.57. The Labute approximate surface area is 225 Å². The molecule has 210 valence electrons. The van der Waals surface area contributed by atoms with Gasteiger partial charge in [-0.2, -0.15) is 18.4 Å². The van der Waals surface area contributed by atoms with Crippen LogP contribution in [0.15, 0.2) is 18.2 Å². The first kappa shape index (κ1) is 27.8. The number of anilines is 1. The normalized spacial score (nSPS) is 39.4. The zero-order valence-corrected chi connectivity index (χ0v) is 23.0. The van der Waals surface area contributed by atoms with Gasteiger partial charge in [-0.05, 0) is 136 Å². The average Bonchev–Trinajstić information content (AvgIpc) is 3.22. The number of aliphatic hydroxyl groups is 1. The molecule has 2 N–H and O–H groups in total. The molecular weight excluding hydrogens is 489 g/mol. The lowest BCUT2D eigenvalue weighted by atomic mass is 9.48. The molecule has 0 heterocycles. The van der Waals surface area contributed by atoms with Gasteiger partial charge in [-0.25, -0.2) is 0 Å². The maximum absolute atomic E-state index is 14.6. The molecule has 38 heavy (non-hydrogen) atoms. The van der Waals surface area contributed by atoms with E-state index in [-0.39, 0.29) is 5.41 Å². The summed E-state index contributed by atoms with van der Waals surface area (Å²) in [6.45, 7) is 6.89. The predicted octanol–water partition coefficient (Wildman–Crippen LogP) is 7.25. The average molecular weight is 533 g/mol. The van der Waals surface area contributed by atoms with Gasteiger partial charge in [-0.3, -0.25) is 0 Å². The van der Waals surface area contributed by atoms with Gasteiger partial charge in [0.1, 0.15) is 6.04 Å². The summed E-state index contributed by atoms with van der Waals surface area (Å²) in [5.74, 6) is 2.00. The lowest BCUT2D eigenvalue weighted by molar-refractivity contribution is -0.170. The molecule has 4 saturated carbocycles. The highest BCUT2D eigenvalue weighted by Crippen LogP contribution is 2.66. The van der Waals surface area contributed by atoms with E-state index < -0.39 is 23.7 Å². The van der Waals surface area contributed by atoms with Gasteiger partial charge in [0, 0.05) is 12.3 Å². The molecule has 4 aliphatic rings. The summed E-state index contributed by atoms with van der Waals surface area (Å²) in [7, 11) is 0. The number of hydrogen-bond donors (Lipinski definition) is 2. The molecule has 1 aromatic carbocycles. The van der Waals surface area contributed by atoms with E-state index in [1.165, 1.54) is 0 Å². The van der Waals surface area contributed by atoms with Gasteiger partial charge < -0.3 is 15.2 Å². The van der Waals surface area contributed by atoms with Crippen molar-refractivity contribution in [3.63, 3.8) is 0 Å². The van der Waals surface area contributed by atoms with E-state index in [1.54, 1.807) is 25.1 Å². The van der Waals surface area contributed by atoms with Crippen molar-refractivity contribution >= 4 is 5.69 Å². The van der Waals surface area contributed by atoms with Gasteiger partial charge >= 0.3 is 6.18 Å². The highest BCUT2D eigenvalue weighted by Gasteiger charge is 2.62. The van der Waals surface area contributed by atoms with E-state index in [0.29, 0.717) is 66.0 Å². The van der Waals surface area contributed by atoms with Crippen molar-refractivity contribution in [3.05, 3.63) is 29.3 Å². The molecule has 0 saturated heterocycles. The zero-order valence-electron chi connectivity index (χ0n) is 23.0. The third kappa shape index (κ3) is 4.96. The number of alkyl halides is 3. The van der Waals surface area contributed by atoms with Crippen LogP contribution in [0.3, 0.4) is 0 Å². The van der Waals surface area contributed by atoms with Gasteiger partial charge in [0.05, 0.1) is 23.8 Å². The Kier molecular flexibility index (Phi) is 7.54. The molecule has 7 heteroatoms. The van der Waals surface area contributed by atoms with Crippen LogP contribution >= 0.6 is 0 Å². The van der Waals surface area contributed by atoms with Gasteiger partial charge in [0.15, 0.2) is 0 Å². The second-order valence-electron chi connectivity index (χ2n) is 13.1. The summed E-state index contributed by atoms with van der Waals surface area (Å²) in [5, 5.41) is 23.2. The third-order valence-electron chi connectivity index (χ3n) is 11.2. The number of fused-ring (bicyclic) bond motifs is 5. The molecule has 4 fully saturated rings. The Morgan fingerprint density at radius 2 is 1.87 bits per heavy atom. The number of ether oxygens (including phenoxy) is 1. The first-order valence-corrected chi connectivity index (χ1v) is 14.6. The van der Waals surface area contributed by atoms with Crippen molar-refractivity contribution in [1.29, 1.82) is 5.26 Å². The molecule has 9 atom stereocenters. The van der Waals surface area contributed by atoms with E-state index in [1.807, 2.05) is 6.92 Å². The highest BCUT2D eigenvalue weighted by molar-refractivity contribution is 5.55. The SMILES string of the molecule is CCOC[C@@]1(O)CC[C@H]2[C@H](CC[C@@H]3[C@@H]2CC[C@]2(C)[C@@H]([C@@H](Nc4ccc(C#N)cc4C)C(F)(F)F)CC[C@@H]32)C1. The maximum Gasteiger partial charge on any atom is 0.408 e. The molecule has 4 nitrogen and oxygen atoms in total. The summed E-state index contributed by atoms with van der Waals surface area (Å²) < 4.78 is 49.5. The smallest absolute Gasteiger partial charge is 0.387 e. The van der Waals surface area contributed by atoms with E-state index >= 15 is 0 Å². The topological polar surface area (TPSA) is 65.3 Å². The van der Waals surface area contributed by atoms with Crippen molar-refractivity contribution in [2.75, 3.05) is 18.5 Å². The molecule has 0 spiro atoms. The number of rotatable bonds is 6. The predicted molar refractivity (Wildman–Crippen MR) is 141 cm³/mol. The second kappa shape index (κ2) is 10.3. The minimum atomic E-state index is -4.36. The van der Waals surface area contributed by atoms with Gasteiger partial charge in [-0.1, -0.05) is 6.92 Å². The van der Waals surface area contributed by atoms with Gasteiger partial charge in [0.25, 0.3) is 0 Å². The number of benzene rings is 1. The van der Waals surface area contributed by atoms with Crippen LogP contribution in [-0.4, -0.2) is 36.1 Å². The van der Waals surface area contributed by atoms with Crippen molar-refractivity contribution in [3.8, 4) is 6.07 Å². The molecule has 0 amide bonds. The van der Waals surface area contributed by atoms with Gasteiger partial charge in [0.2, 0.25) is 0 Å². The molecule has 1 aromatic rings. The number of aryl methyl sites for hydroxylation is 1.